The monoisotopic (exact) mass is 363 g/mol. The fourth-order valence-corrected chi connectivity index (χ4v) is 3.41. The van der Waals surface area contributed by atoms with Crippen molar-refractivity contribution < 1.29 is 9.90 Å². The molecular formula is C16H18BrN3O2. The number of aromatic nitrogens is 2. The zero-order valence-electron chi connectivity index (χ0n) is 12.1. The first kappa shape index (κ1) is 15.2. The molecule has 5 nitrogen and oxygen atoms in total. The minimum Gasteiger partial charge on any atom is -0.480 e. The van der Waals surface area contributed by atoms with E-state index in [0.717, 1.165) is 31.5 Å². The van der Waals surface area contributed by atoms with E-state index in [4.69, 9.17) is 0 Å². The fourth-order valence-electron chi connectivity index (χ4n) is 2.92. The van der Waals surface area contributed by atoms with Crippen LogP contribution in [-0.4, -0.2) is 39.0 Å². The molecule has 1 aromatic heterocycles. The van der Waals surface area contributed by atoms with Gasteiger partial charge in [0.1, 0.15) is 10.4 Å². The Kier molecular flexibility index (Phi) is 4.59. The lowest BCUT2D eigenvalue weighted by atomic mass is 10.1. The number of aromatic amines is 1. The number of piperidine rings is 1. The highest BCUT2D eigenvalue weighted by Gasteiger charge is 2.32. The molecule has 0 amide bonds. The second kappa shape index (κ2) is 6.62. The SMILES string of the molecule is O=C(O)C(c1[nH]c(-c2ccccc2)nc1Br)N1CCCCC1. The summed E-state index contributed by atoms with van der Waals surface area (Å²) in [6, 6.07) is 9.03. The molecule has 116 valence electrons. The lowest BCUT2D eigenvalue weighted by Crippen LogP contribution is -2.38. The van der Waals surface area contributed by atoms with E-state index in [1.807, 2.05) is 35.2 Å². The molecule has 0 radical (unpaired) electrons. The molecular weight excluding hydrogens is 346 g/mol. The van der Waals surface area contributed by atoms with Crippen molar-refractivity contribution in [2.45, 2.75) is 25.3 Å². The zero-order chi connectivity index (χ0) is 15.5. The molecule has 22 heavy (non-hydrogen) atoms. The number of rotatable bonds is 4. The van der Waals surface area contributed by atoms with Crippen LogP contribution in [0.15, 0.2) is 34.9 Å². The first-order valence-electron chi connectivity index (χ1n) is 7.44. The quantitative estimate of drug-likeness (QED) is 0.872. The number of likely N-dealkylation sites (tertiary alicyclic amines) is 1. The van der Waals surface area contributed by atoms with Crippen molar-refractivity contribution in [2.24, 2.45) is 0 Å². The number of carboxylic acid groups (broad SMARTS) is 1. The first-order valence-corrected chi connectivity index (χ1v) is 8.24. The molecule has 2 heterocycles. The smallest absolute Gasteiger partial charge is 0.327 e. The van der Waals surface area contributed by atoms with Gasteiger partial charge in [0.15, 0.2) is 6.04 Å². The summed E-state index contributed by atoms with van der Waals surface area (Å²) in [7, 11) is 0. The molecule has 1 aromatic carbocycles. The highest BCUT2D eigenvalue weighted by atomic mass is 79.9. The lowest BCUT2D eigenvalue weighted by Gasteiger charge is -2.31. The Morgan fingerprint density at radius 3 is 2.55 bits per heavy atom. The van der Waals surface area contributed by atoms with Crippen molar-refractivity contribution in [1.29, 1.82) is 0 Å². The number of nitrogens with one attached hydrogen (secondary N) is 1. The third-order valence-corrected chi connectivity index (χ3v) is 4.60. The van der Waals surface area contributed by atoms with Gasteiger partial charge in [-0.3, -0.25) is 9.69 Å². The van der Waals surface area contributed by atoms with Crippen LogP contribution < -0.4 is 0 Å². The van der Waals surface area contributed by atoms with Crippen LogP contribution in [0, 0.1) is 0 Å². The lowest BCUT2D eigenvalue weighted by molar-refractivity contribution is -0.144. The van der Waals surface area contributed by atoms with Crippen LogP contribution in [0.2, 0.25) is 0 Å². The second-order valence-electron chi connectivity index (χ2n) is 5.49. The maximum Gasteiger partial charge on any atom is 0.327 e. The molecule has 0 saturated carbocycles. The number of imidazole rings is 1. The Labute approximate surface area is 137 Å². The van der Waals surface area contributed by atoms with Crippen LogP contribution in [0.25, 0.3) is 11.4 Å². The van der Waals surface area contributed by atoms with Gasteiger partial charge in [0, 0.05) is 5.56 Å². The van der Waals surface area contributed by atoms with E-state index < -0.39 is 12.0 Å². The Morgan fingerprint density at radius 1 is 1.23 bits per heavy atom. The maximum absolute atomic E-state index is 11.8. The summed E-state index contributed by atoms with van der Waals surface area (Å²) in [6.07, 6.45) is 3.25. The van der Waals surface area contributed by atoms with E-state index >= 15 is 0 Å². The van der Waals surface area contributed by atoms with Crippen molar-refractivity contribution in [3.05, 3.63) is 40.6 Å². The molecule has 1 atom stereocenters. The molecule has 1 unspecified atom stereocenters. The standard InChI is InChI=1S/C16H18BrN3O2/c17-14-12(13(16(21)22)20-9-5-2-6-10-20)18-15(19-14)11-7-3-1-4-8-11/h1,3-4,7-8,13H,2,5-6,9-10H2,(H,18,19)(H,21,22). The second-order valence-corrected chi connectivity index (χ2v) is 6.24. The number of carbonyl (C=O) groups is 1. The molecule has 3 rings (SSSR count). The molecule has 2 aromatic rings. The molecule has 0 bridgehead atoms. The normalized spacial score (nSPS) is 17.3. The Bertz CT molecular complexity index is 651. The summed E-state index contributed by atoms with van der Waals surface area (Å²) in [6.45, 7) is 1.62. The summed E-state index contributed by atoms with van der Waals surface area (Å²) < 4.78 is 0.573. The molecule has 2 N–H and O–H groups in total. The Morgan fingerprint density at radius 2 is 1.91 bits per heavy atom. The van der Waals surface area contributed by atoms with Gasteiger partial charge in [-0.1, -0.05) is 36.8 Å². The summed E-state index contributed by atoms with van der Waals surface area (Å²) in [5, 5.41) is 9.67. The van der Waals surface area contributed by atoms with E-state index in [2.05, 4.69) is 25.9 Å². The number of aliphatic carboxylic acids is 1. The number of halogens is 1. The van der Waals surface area contributed by atoms with Gasteiger partial charge >= 0.3 is 5.97 Å². The van der Waals surface area contributed by atoms with Crippen molar-refractivity contribution in [3.8, 4) is 11.4 Å². The highest BCUT2D eigenvalue weighted by molar-refractivity contribution is 9.10. The fraction of sp³-hybridized carbons (Fsp3) is 0.375. The third kappa shape index (κ3) is 3.08. The summed E-state index contributed by atoms with van der Waals surface area (Å²) >= 11 is 3.42. The molecule has 1 aliphatic rings. The van der Waals surface area contributed by atoms with E-state index in [-0.39, 0.29) is 0 Å². The van der Waals surface area contributed by atoms with Gasteiger partial charge in [0.25, 0.3) is 0 Å². The molecule has 1 fully saturated rings. The van der Waals surface area contributed by atoms with Crippen molar-refractivity contribution in [2.75, 3.05) is 13.1 Å². The average molecular weight is 364 g/mol. The van der Waals surface area contributed by atoms with Crippen LogP contribution >= 0.6 is 15.9 Å². The maximum atomic E-state index is 11.8. The van der Waals surface area contributed by atoms with Gasteiger partial charge in [-0.05, 0) is 41.9 Å². The topological polar surface area (TPSA) is 69.2 Å². The van der Waals surface area contributed by atoms with Crippen LogP contribution in [0.4, 0.5) is 0 Å². The number of carboxylic acids is 1. The number of H-pyrrole nitrogens is 1. The first-order chi connectivity index (χ1) is 10.7. The molecule has 0 spiro atoms. The van der Waals surface area contributed by atoms with Gasteiger partial charge in [0.2, 0.25) is 0 Å². The predicted molar refractivity (Wildman–Crippen MR) is 87.5 cm³/mol. The van der Waals surface area contributed by atoms with Crippen LogP contribution in [0.3, 0.4) is 0 Å². The van der Waals surface area contributed by atoms with Crippen LogP contribution in [0.1, 0.15) is 31.0 Å². The van der Waals surface area contributed by atoms with Gasteiger partial charge in [-0.2, -0.15) is 0 Å². The molecule has 1 saturated heterocycles. The van der Waals surface area contributed by atoms with E-state index in [1.54, 1.807) is 0 Å². The van der Waals surface area contributed by atoms with Gasteiger partial charge in [0.05, 0.1) is 5.69 Å². The summed E-state index contributed by atoms with van der Waals surface area (Å²) in [5.41, 5.74) is 1.56. The highest BCUT2D eigenvalue weighted by Crippen LogP contribution is 2.31. The Balaban J connectivity index is 1.95. The van der Waals surface area contributed by atoms with Crippen LogP contribution in [-0.2, 0) is 4.79 Å². The number of hydrogen-bond donors (Lipinski definition) is 2. The third-order valence-electron chi connectivity index (χ3n) is 4.00. The molecule has 6 heteroatoms. The zero-order valence-corrected chi connectivity index (χ0v) is 13.7. The average Bonchev–Trinajstić information content (AvgIpc) is 2.91. The summed E-state index contributed by atoms with van der Waals surface area (Å²) in [5.74, 6) is -0.156. The van der Waals surface area contributed by atoms with Gasteiger partial charge < -0.3 is 10.1 Å². The minimum atomic E-state index is -0.842. The largest absolute Gasteiger partial charge is 0.480 e. The minimum absolute atomic E-state index is 0.573. The number of benzene rings is 1. The molecule has 1 aliphatic heterocycles. The summed E-state index contributed by atoms with van der Waals surface area (Å²) in [4.78, 5) is 21.4. The predicted octanol–water partition coefficient (Wildman–Crippen LogP) is 3.45. The number of nitrogens with zero attached hydrogens (tertiary/aromatic N) is 2. The van der Waals surface area contributed by atoms with Gasteiger partial charge in [-0.25, -0.2) is 4.98 Å². The van der Waals surface area contributed by atoms with Gasteiger partial charge in [-0.15, -0.1) is 0 Å². The Hall–Kier alpha value is -1.66. The van der Waals surface area contributed by atoms with Crippen molar-refractivity contribution in [1.82, 2.24) is 14.9 Å². The van der Waals surface area contributed by atoms with E-state index in [1.165, 1.54) is 6.42 Å². The van der Waals surface area contributed by atoms with Crippen LogP contribution in [0.5, 0.6) is 0 Å². The number of hydrogen-bond acceptors (Lipinski definition) is 3. The van der Waals surface area contributed by atoms with E-state index in [0.29, 0.717) is 16.1 Å². The molecule has 0 aliphatic carbocycles. The van der Waals surface area contributed by atoms with E-state index in [9.17, 15) is 9.90 Å². The van der Waals surface area contributed by atoms with Crippen molar-refractivity contribution >= 4 is 21.9 Å². The van der Waals surface area contributed by atoms with Crippen molar-refractivity contribution in [3.63, 3.8) is 0 Å².